The Balaban J connectivity index is 1.42. The van der Waals surface area contributed by atoms with Gasteiger partial charge >= 0.3 is 0 Å². The molecule has 1 saturated heterocycles. The van der Waals surface area contributed by atoms with Crippen molar-refractivity contribution in [2.45, 2.75) is 31.7 Å². The van der Waals surface area contributed by atoms with Crippen LogP contribution in [0.3, 0.4) is 0 Å². The minimum absolute atomic E-state index is 0.0476. The Kier molecular flexibility index (Phi) is 5.80. The number of thiophene rings is 1. The van der Waals surface area contributed by atoms with E-state index < -0.39 is 0 Å². The van der Waals surface area contributed by atoms with Gasteiger partial charge in [0.1, 0.15) is 0 Å². The molecule has 0 aliphatic carbocycles. The second-order valence-corrected chi connectivity index (χ2v) is 7.66. The summed E-state index contributed by atoms with van der Waals surface area (Å²) in [5, 5.41) is 7.94. The molecule has 8 heteroatoms. The molecular formula is C21H23N3O4S. The maximum Gasteiger partial charge on any atom is 0.227 e. The maximum absolute atomic E-state index is 12.9. The van der Waals surface area contributed by atoms with Crippen molar-refractivity contribution in [2.24, 2.45) is 0 Å². The zero-order chi connectivity index (χ0) is 20.2. The van der Waals surface area contributed by atoms with E-state index in [2.05, 4.69) is 10.1 Å². The number of nitrogens with zero attached hydrogens (tertiary/aromatic N) is 3. The third-order valence-electron chi connectivity index (χ3n) is 5.17. The van der Waals surface area contributed by atoms with Gasteiger partial charge in [0.15, 0.2) is 11.5 Å². The molecule has 0 radical (unpaired) electrons. The fraction of sp³-hybridized carbons (Fsp3) is 0.381. The minimum Gasteiger partial charge on any atom is -0.493 e. The van der Waals surface area contributed by atoms with E-state index in [1.54, 1.807) is 25.6 Å². The number of hydrogen-bond acceptors (Lipinski definition) is 7. The van der Waals surface area contributed by atoms with E-state index >= 15 is 0 Å². The van der Waals surface area contributed by atoms with Gasteiger partial charge in [-0.3, -0.25) is 4.79 Å². The SMILES string of the molecule is COc1ccc(C2CCCN2C(=O)CCc2nc(-c3ccsc3)no2)cc1OC. The first-order valence-electron chi connectivity index (χ1n) is 9.56. The summed E-state index contributed by atoms with van der Waals surface area (Å²) in [6, 6.07) is 7.84. The van der Waals surface area contributed by atoms with Crippen molar-refractivity contribution in [2.75, 3.05) is 20.8 Å². The molecule has 1 aliphatic rings. The van der Waals surface area contributed by atoms with Crippen LogP contribution in [0.1, 0.15) is 36.8 Å². The number of amides is 1. The maximum atomic E-state index is 12.9. The van der Waals surface area contributed by atoms with Crippen LogP contribution < -0.4 is 9.47 Å². The highest BCUT2D eigenvalue weighted by Crippen LogP contribution is 2.37. The lowest BCUT2D eigenvalue weighted by molar-refractivity contribution is -0.132. The summed E-state index contributed by atoms with van der Waals surface area (Å²) in [6.45, 7) is 0.752. The van der Waals surface area contributed by atoms with Gasteiger partial charge in [-0.2, -0.15) is 16.3 Å². The Labute approximate surface area is 173 Å². The number of aryl methyl sites for hydroxylation is 1. The molecule has 29 heavy (non-hydrogen) atoms. The molecular weight excluding hydrogens is 390 g/mol. The van der Waals surface area contributed by atoms with Crippen molar-refractivity contribution in [1.82, 2.24) is 15.0 Å². The van der Waals surface area contributed by atoms with Crippen LogP contribution in [-0.4, -0.2) is 41.7 Å². The average molecular weight is 413 g/mol. The smallest absolute Gasteiger partial charge is 0.227 e. The van der Waals surface area contributed by atoms with Crippen molar-refractivity contribution in [1.29, 1.82) is 0 Å². The third-order valence-corrected chi connectivity index (χ3v) is 5.85. The highest BCUT2D eigenvalue weighted by Gasteiger charge is 2.30. The highest BCUT2D eigenvalue weighted by molar-refractivity contribution is 7.08. The molecule has 7 nitrogen and oxygen atoms in total. The van der Waals surface area contributed by atoms with Crippen molar-refractivity contribution in [3.63, 3.8) is 0 Å². The van der Waals surface area contributed by atoms with Gasteiger partial charge < -0.3 is 18.9 Å². The fourth-order valence-corrected chi connectivity index (χ4v) is 4.33. The largest absolute Gasteiger partial charge is 0.493 e. The molecule has 1 unspecified atom stereocenters. The molecule has 1 aliphatic heterocycles. The van der Waals surface area contributed by atoms with Crippen molar-refractivity contribution < 1.29 is 18.8 Å². The lowest BCUT2D eigenvalue weighted by Gasteiger charge is -2.25. The molecule has 4 rings (SSSR count). The number of benzene rings is 1. The number of ether oxygens (including phenoxy) is 2. The van der Waals surface area contributed by atoms with Gasteiger partial charge in [0, 0.05) is 30.3 Å². The summed E-state index contributed by atoms with van der Waals surface area (Å²) < 4.78 is 16.0. The summed E-state index contributed by atoms with van der Waals surface area (Å²) in [6.07, 6.45) is 2.69. The second kappa shape index (κ2) is 8.65. The van der Waals surface area contributed by atoms with Crippen LogP contribution in [0.2, 0.25) is 0 Å². The Morgan fingerprint density at radius 2 is 2.14 bits per heavy atom. The number of hydrogen-bond donors (Lipinski definition) is 0. The van der Waals surface area contributed by atoms with Crippen molar-refractivity contribution in [3.8, 4) is 22.9 Å². The first-order valence-corrected chi connectivity index (χ1v) is 10.5. The summed E-state index contributed by atoms with van der Waals surface area (Å²) in [7, 11) is 3.23. The number of carbonyl (C=O) groups is 1. The normalized spacial score (nSPS) is 16.2. The molecule has 0 N–H and O–H groups in total. The number of rotatable bonds is 7. The molecule has 1 fully saturated rings. The second-order valence-electron chi connectivity index (χ2n) is 6.88. The quantitative estimate of drug-likeness (QED) is 0.580. The lowest BCUT2D eigenvalue weighted by Crippen LogP contribution is -2.30. The summed E-state index contributed by atoms with van der Waals surface area (Å²) in [5.41, 5.74) is 2.00. The van der Waals surface area contributed by atoms with E-state index in [1.807, 2.05) is 39.9 Å². The highest BCUT2D eigenvalue weighted by atomic mass is 32.1. The van der Waals surface area contributed by atoms with Gasteiger partial charge in [0.05, 0.1) is 20.3 Å². The van der Waals surface area contributed by atoms with E-state index in [1.165, 1.54) is 0 Å². The van der Waals surface area contributed by atoms with E-state index in [4.69, 9.17) is 14.0 Å². The summed E-state index contributed by atoms with van der Waals surface area (Å²) >= 11 is 1.58. The number of aromatic nitrogens is 2. The van der Waals surface area contributed by atoms with Gasteiger partial charge in [0.2, 0.25) is 17.6 Å². The van der Waals surface area contributed by atoms with Crippen LogP contribution >= 0.6 is 11.3 Å². The van der Waals surface area contributed by atoms with Gasteiger partial charge in [0.25, 0.3) is 0 Å². The van der Waals surface area contributed by atoms with Gasteiger partial charge in [-0.1, -0.05) is 11.2 Å². The van der Waals surface area contributed by atoms with Crippen molar-refractivity contribution >= 4 is 17.2 Å². The van der Waals surface area contributed by atoms with Crippen LogP contribution in [0.4, 0.5) is 0 Å². The van der Waals surface area contributed by atoms with Crippen LogP contribution in [0.15, 0.2) is 39.5 Å². The third kappa shape index (κ3) is 4.12. The van der Waals surface area contributed by atoms with E-state index in [0.717, 1.165) is 30.5 Å². The zero-order valence-electron chi connectivity index (χ0n) is 16.5. The molecule has 152 valence electrons. The van der Waals surface area contributed by atoms with E-state index in [-0.39, 0.29) is 11.9 Å². The predicted octanol–water partition coefficient (Wildman–Crippen LogP) is 4.11. The molecule has 0 saturated carbocycles. The molecule has 3 heterocycles. The van der Waals surface area contributed by atoms with Crippen LogP contribution in [0, 0.1) is 0 Å². The molecule has 3 aromatic rings. The van der Waals surface area contributed by atoms with E-state index in [0.29, 0.717) is 36.1 Å². The molecule has 1 aromatic carbocycles. The van der Waals surface area contributed by atoms with E-state index in [9.17, 15) is 4.79 Å². The number of carbonyl (C=O) groups excluding carboxylic acids is 1. The lowest BCUT2D eigenvalue weighted by atomic mass is 10.0. The average Bonchev–Trinajstić information content (AvgIpc) is 3.52. The fourth-order valence-electron chi connectivity index (χ4n) is 3.69. The monoisotopic (exact) mass is 413 g/mol. The Morgan fingerprint density at radius 3 is 2.90 bits per heavy atom. The Hall–Kier alpha value is -2.87. The Morgan fingerprint density at radius 1 is 1.28 bits per heavy atom. The molecule has 1 atom stereocenters. The predicted molar refractivity (Wildman–Crippen MR) is 109 cm³/mol. The first kappa shape index (κ1) is 19.4. The standard InChI is InChI=1S/C21H23N3O4S/c1-26-17-6-5-14(12-18(17)27-2)16-4-3-10-24(16)20(25)8-7-19-22-21(23-28-19)15-9-11-29-13-15/h5-6,9,11-13,16H,3-4,7-8,10H2,1-2H3. The van der Waals surface area contributed by atoms with Gasteiger partial charge in [-0.15, -0.1) is 0 Å². The topological polar surface area (TPSA) is 77.7 Å². The molecule has 1 amide bonds. The van der Waals surface area contributed by atoms with Gasteiger partial charge in [-0.25, -0.2) is 0 Å². The van der Waals surface area contributed by atoms with Crippen LogP contribution in [0.25, 0.3) is 11.4 Å². The number of likely N-dealkylation sites (tertiary alicyclic amines) is 1. The summed E-state index contributed by atoms with van der Waals surface area (Å²) in [4.78, 5) is 19.2. The minimum atomic E-state index is 0.0476. The summed E-state index contributed by atoms with van der Waals surface area (Å²) in [5.74, 6) is 2.51. The van der Waals surface area contributed by atoms with Crippen LogP contribution in [-0.2, 0) is 11.2 Å². The van der Waals surface area contributed by atoms with Gasteiger partial charge in [-0.05, 0) is 42.0 Å². The zero-order valence-corrected chi connectivity index (χ0v) is 17.3. The molecule has 2 aromatic heterocycles. The number of methoxy groups -OCH3 is 2. The Bertz CT molecular complexity index is 970. The van der Waals surface area contributed by atoms with Crippen molar-refractivity contribution in [3.05, 3.63) is 46.5 Å². The molecule has 0 bridgehead atoms. The first-order chi connectivity index (χ1) is 14.2. The molecule has 0 spiro atoms. The van der Waals surface area contributed by atoms with Crippen LogP contribution in [0.5, 0.6) is 11.5 Å².